The van der Waals surface area contributed by atoms with Gasteiger partial charge in [0.15, 0.2) is 0 Å². The summed E-state index contributed by atoms with van der Waals surface area (Å²) >= 11 is 1.71. The Balaban J connectivity index is 2.08. The van der Waals surface area contributed by atoms with Gasteiger partial charge in [0.05, 0.1) is 23.2 Å². The number of nitriles is 1. The molecule has 0 atom stereocenters. The Bertz CT molecular complexity index is 307. The van der Waals surface area contributed by atoms with Crippen LogP contribution in [0.15, 0.2) is 5.38 Å². The third-order valence-electron chi connectivity index (χ3n) is 2.28. The van der Waals surface area contributed by atoms with E-state index in [1.54, 1.807) is 11.3 Å². The van der Waals surface area contributed by atoms with Crippen molar-refractivity contribution in [3.63, 3.8) is 0 Å². The summed E-state index contributed by atoms with van der Waals surface area (Å²) < 4.78 is 0. The Hall–Kier alpha value is -0.880. The third-order valence-corrected chi connectivity index (χ3v) is 3.34. The fraction of sp³-hybridized carbons (Fsp3) is 0.556. The first kappa shape index (κ1) is 7.75. The van der Waals surface area contributed by atoms with Crippen LogP contribution in [0.1, 0.15) is 35.9 Å². The maximum Gasteiger partial charge on any atom is 0.0959 e. The SMILES string of the molecule is N#CCc1csc(C2CCC2)n1. The van der Waals surface area contributed by atoms with Crippen molar-refractivity contribution < 1.29 is 0 Å². The Kier molecular flexibility index (Phi) is 2.09. The number of hydrogen-bond acceptors (Lipinski definition) is 3. The molecule has 1 heterocycles. The fourth-order valence-corrected chi connectivity index (χ4v) is 2.32. The minimum Gasteiger partial charge on any atom is -0.245 e. The van der Waals surface area contributed by atoms with Crippen LogP contribution in [0, 0.1) is 11.3 Å². The van der Waals surface area contributed by atoms with Crippen molar-refractivity contribution in [2.45, 2.75) is 31.6 Å². The van der Waals surface area contributed by atoms with Crippen LogP contribution in [0.3, 0.4) is 0 Å². The monoisotopic (exact) mass is 178 g/mol. The second kappa shape index (κ2) is 3.24. The molecule has 1 aliphatic carbocycles. The Morgan fingerprint density at radius 2 is 2.50 bits per heavy atom. The molecular weight excluding hydrogens is 168 g/mol. The summed E-state index contributed by atoms with van der Waals surface area (Å²) in [7, 11) is 0. The van der Waals surface area contributed by atoms with E-state index in [4.69, 9.17) is 5.26 Å². The fourth-order valence-electron chi connectivity index (χ4n) is 1.33. The molecule has 1 saturated carbocycles. The van der Waals surface area contributed by atoms with Crippen LogP contribution in [0.4, 0.5) is 0 Å². The molecule has 0 spiro atoms. The zero-order valence-corrected chi connectivity index (χ0v) is 7.60. The van der Waals surface area contributed by atoms with Gasteiger partial charge in [-0.2, -0.15) is 5.26 Å². The summed E-state index contributed by atoms with van der Waals surface area (Å²) in [5.74, 6) is 0.711. The number of hydrogen-bond donors (Lipinski definition) is 0. The number of nitrogens with zero attached hydrogens (tertiary/aromatic N) is 2. The molecule has 62 valence electrons. The van der Waals surface area contributed by atoms with E-state index in [0.29, 0.717) is 12.3 Å². The molecule has 2 rings (SSSR count). The first-order valence-corrected chi connectivity index (χ1v) is 5.09. The minimum absolute atomic E-state index is 0.462. The van der Waals surface area contributed by atoms with Crippen LogP contribution < -0.4 is 0 Å². The largest absolute Gasteiger partial charge is 0.245 e. The lowest BCUT2D eigenvalue weighted by molar-refractivity contribution is 0.418. The van der Waals surface area contributed by atoms with Crippen LogP contribution in [0.25, 0.3) is 0 Å². The lowest BCUT2D eigenvalue weighted by Crippen LogP contribution is -2.08. The van der Waals surface area contributed by atoms with Crippen molar-refractivity contribution in [3.05, 3.63) is 16.1 Å². The topological polar surface area (TPSA) is 36.7 Å². The second-order valence-electron chi connectivity index (χ2n) is 3.14. The summed E-state index contributed by atoms with van der Waals surface area (Å²) in [6.07, 6.45) is 4.39. The molecule has 1 aromatic rings. The van der Waals surface area contributed by atoms with Crippen LogP contribution in [-0.2, 0) is 6.42 Å². The van der Waals surface area contributed by atoms with Crippen LogP contribution in [0.5, 0.6) is 0 Å². The lowest BCUT2D eigenvalue weighted by atomic mass is 9.86. The first-order chi connectivity index (χ1) is 5.90. The van der Waals surface area contributed by atoms with Crippen molar-refractivity contribution in [2.24, 2.45) is 0 Å². The molecule has 1 fully saturated rings. The summed E-state index contributed by atoms with van der Waals surface area (Å²) in [6, 6.07) is 2.12. The van der Waals surface area contributed by atoms with E-state index in [2.05, 4.69) is 11.1 Å². The van der Waals surface area contributed by atoms with Gasteiger partial charge in [0, 0.05) is 11.3 Å². The van der Waals surface area contributed by atoms with Gasteiger partial charge >= 0.3 is 0 Å². The van der Waals surface area contributed by atoms with Crippen LogP contribution in [-0.4, -0.2) is 4.98 Å². The Morgan fingerprint density at radius 1 is 1.67 bits per heavy atom. The van der Waals surface area contributed by atoms with Crippen molar-refractivity contribution >= 4 is 11.3 Å². The van der Waals surface area contributed by atoms with Gasteiger partial charge in [0.1, 0.15) is 0 Å². The summed E-state index contributed by atoms with van der Waals surface area (Å²) in [6.45, 7) is 0. The molecule has 0 aromatic carbocycles. The lowest BCUT2D eigenvalue weighted by Gasteiger charge is -2.22. The molecular formula is C9H10N2S. The molecule has 2 nitrogen and oxygen atoms in total. The van der Waals surface area contributed by atoms with E-state index in [1.807, 2.05) is 5.38 Å². The highest BCUT2D eigenvalue weighted by Crippen LogP contribution is 2.37. The van der Waals surface area contributed by atoms with Gasteiger partial charge in [-0.3, -0.25) is 0 Å². The van der Waals surface area contributed by atoms with E-state index in [9.17, 15) is 0 Å². The summed E-state index contributed by atoms with van der Waals surface area (Å²) in [4.78, 5) is 4.42. The molecule has 12 heavy (non-hydrogen) atoms. The number of thiazole rings is 1. The molecule has 0 radical (unpaired) electrons. The highest BCUT2D eigenvalue weighted by atomic mass is 32.1. The zero-order chi connectivity index (χ0) is 8.39. The average Bonchev–Trinajstić information content (AvgIpc) is 2.34. The highest BCUT2D eigenvalue weighted by Gasteiger charge is 2.22. The van der Waals surface area contributed by atoms with Crippen molar-refractivity contribution in [1.82, 2.24) is 4.98 Å². The normalized spacial score (nSPS) is 16.9. The van der Waals surface area contributed by atoms with Gasteiger partial charge in [0.25, 0.3) is 0 Å². The maximum atomic E-state index is 8.45. The van der Waals surface area contributed by atoms with Gasteiger partial charge in [-0.25, -0.2) is 4.98 Å². The Morgan fingerprint density at radius 3 is 3.08 bits per heavy atom. The molecule has 0 aliphatic heterocycles. The van der Waals surface area contributed by atoms with Gasteiger partial charge < -0.3 is 0 Å². The van der Waals surface area contributed by atoms with E-state index in [0.717, 1.165) is 5.69 Å². The van der Waals surface area contributed by atoms with Crippen LogP contribution in [0.2, 0.25) is 0 Å². The van der Waals surface area contributed by atoms with Crippen molar-refractivity contribution in [3.8, 4) is 6.07 Å². The molecule has 0 N–H and O–H groups in total. The van der Waals surface area contributed by atoms with E-state index in [1.165, 1.54) is 24.3 Å². The number of rotatable bonds is 2. The highest BCUT2D eigenvalue weighted by molar-refractivity contribution is 7.09. The summed E-state index contributed by atoms with van der Waals surface area (Å²) in [5.41, 5.74) is 0.949. The van der Waals surface area contributed by atoms with E-state index in [-0.39, 0.29) is 0 Å². The molecule has 0 bridgehead atoms. The Labute approximate surface area is 75.9 Å². The maximum absolute atomic E-state index is 8.45. The average molecular weight is 178 g/mol. The molecule has 0 unspecified atom stereocenters. The van der Waals surface area contributed by atoms with E-state index < -0.39 is 0 Å². The first-order valence-electron chi connectivity index (χ1n) is 4.21. The molecule has 3 heteroatoms. The van der Waals surface area contributed by atoms with Crippen LogP contribution >= 0.6 is 11.3 Å². The standard InChI is InChI=1S/C9H10N2S/c10-5-4-8-6-12-9(11-8)7-2-1-3-7/h6-7H,1-4H2. The van der Waals surface area contributed by atoms with Crippen molar-refractivity contribution in [2.75, 3.05) is 0 Å². The predicted octanol–water partition coefficient (Wildman–Crippen LogP) is 2.48. The molecule has 1 aromatic heterocycles. The third kappa shape index (κ3) is 1.35. The van der Waals surface area contributed by atoms with Gasteiger partial charge in [-0.15, -0.1) is 11.3 Å². The van der Waals surface area contributed by atoms with Gasteiger partial charge in [-0.05, 0) is 12.8 Å². The number of aromatic nitrogens is 1. The molecule has 1 aliphatic rings. The van der Waals surface area contributed by atoms with Gasteiger partial charge in [0.2, 0.25) is 0 Å². The molecule has 0 saturated heterocycles. The second-order valence-corrected chi connectivity index (χ2v) is 4.03. The zero-order valence-electron chi connectivity index (χ0n) is 6.79. The minimum atomic E-state index is 0.462. The van der Waals surface area contributed by atoms with Gasteiger partial charge in [-0.1, -0.05) is 6.42 Å². The predicted molar refractivity (Wildman–Crippen MR) is 48.0 cm³/mol. The molecule has 0 amide bonds. The van der Waals surface area contributed by atoms with Crippen molar-refractivity contribution in [1.29, 1.82) is 5.26 Å². The van der Waals surface area contributed by atoms with E-state index >= 15 is 0 Å². The smallest absolute Gasteiger partial charge is 0.0959 e. The quantitative estimate of drug-likeness (QED) is 0.697. The summed E-state index contributed by atoms with van der Waals surface area (Å²) in [5, 5.41) is 11.7.